The predicted molar refractivity (Wildman–Crippen MR) is 39.9 cm³/mol. The first kappa shape index (κ1) is 5.93. The molecule has 52 valence electrons. The van der Waals surface area contributed by atoms with E-state index in [0.717, 1.165) is 5.52 Å². The van der Waals surface area contributed by atoms with Crippen molar-refractivity contribution >= 4 is 5.52 Å². The summed E-state index contributed by atoms with van der Waals surface area (Å²) in [6, 6.07) is 5.70. The molecule has 0 saturated carbocycles. The summed E-state index contributed by atoms with van der Waals surface area (Å²) in [6.45, 7) is 0. The molecule has 0 aliphatic heterocycles. The molecule has 3 heteroatoms. The Morgan fingerprint density at radius 1 is 1.55 bits per heavy atom. The second-order valence-electron chi connectivity index (χ2n) is 2.22. The molecule has 0 aliphatic carbocycles. The number of imidazole rings is 1. The lowest BCUT2D eigenvalue weighted by Crippen LogP contribution is -1.83. The second kappa shape index (κ2) is 2.10. The quantitative estimate of drug-likeness (QED) is 0.556. The van der Waals surface area contributed by atoms with Crippen molar-refractivity contribution in [3.63, 3.8) is 0 Å². The van der Waals surface area contributed by atoms with Crippen LogP contribution in [-0.4, -0.2) is 9.38 Å². The zero-order valence-electron chi connectivity index (χ0n) is 5.73. The van der Waals surface area contributed by atoms with E-state index in [1.807, 2.05) is 16.7 Å². The number of hydrogen-bond donors (Lipinski definition) is 0. The highest BCUT2D eigenvalue weighted by atomic mass is 15.0. The Hall–Kier alpha value is -1.82. The average Bonchev–Trinajstić information content (AvgIpc) is 2.50. The number of fused-ring (bicyclic) bond motifs is 1. The molecule has 11 heavy (non-hydrogen) atoms. The molecule has 0 unspecified atom stereocenters. The Labute approximate surface area is 63.5 Å². The van der Waals surface area contributed by atoms with E-state index in [-0.39, 0.29) is 0 Å². The molecule has 0 amide bonds. The standard InChI is InChI=1S/C8H5N3/c9-4-7-2-1-3-11-6-10-5-8(7)11/h1-3,5-6H. The molecule has 0 bridgehead atoms. The molecule has 2 rings (SSSR count). The topological polar surface area (TPSA) is 41.1 Å². The van der Waals surface area contributed by atoms with Gasteiger partial charge < -0.3 is 4.40 Å². The first-order valence-electron chi connectivity index (χ1n) is 3.22. The highest BCUT2D eigenvalue weighted by molar-refractivity contribution is 5.58. The normalized spacial score (nSPS) is 9.73. The minimum atomic E-state index is 0.657. The second-order valence-corrected chi connectivity index (χ2v) is 2.22. The van der Waals surface area contributed by atoms with E-state index in [9.17, 15) is 0 Å². The lowest BCUT2D eigenvalue weighted by molar-refractivity contribution is 1.15. The van der Waals surface area contributed by atoms with Gasteiger partial charge in [-0.05, 0) is 12.1 Å². The SMILES string of the molecule is N#Cc1cccn2cncc12. The highest BCUT2D eigenvalue weighted by Crippen LogP contribution is 2.07. The van der Waals surface area contributed by atoms with Crippen molar-refractivity contribution in [2.75, 3.05) is 0 Å². The zero-order valence-corrected chi connectivity index (χ0v) is 5.73. The Balaban J connectivity index is 2.92. The van der Waals surface area contributed by atoms with Gasteiger partial charge in [-0.1, -0.05) is 0 Å². The lowest BCUT2D eigenvalue weighted by Gasteiger charge is -1.92. The van der Waals surface area contributed by atoms with Crippen LogP contribution in [0.5, 0.6) is 0 Å². The van der Waals surface area contributed by atoms with Crippen molar-refractivity contribution in [1.82, 2.24) is 9.38 Å². The number of aromatic nitrogens is 2. The number of nitrogens with zero attached hydrogens (tertiary/aromatic N) is 3. The number of nitriles is 1. The Morgan fingerprint density at radius 2 is 2.45 bits per heavy atom. The number of hydrogen-bond acceptors (Lipinski definition) is 2. The van der Waals surface area contributed by atoms with Crippen LogP contribution >= 0.6 is 0 Å². The van der Waals surface area contributed by atoms with Crippen molar-refractivity contribution in [3.8, 4) is 6.07 Å². The van der Waals surface area contributed by atoms with Crippen LogP contribution in [0.15, 0.2) is 30.9 Å². The molecule has 0 atom stereocenters. The van der Waals surface area contributed by atoms with Crippen LogP contribution in [0.2, 0.25) is 0 Å². The molecular formula is C8H5N3. The Morgan fingerprint density at radius 3 is 3.27 bits per heavy atom. The zero-order chi connectivity index (χ0) is 7.68. The molecule has 0 aromatic carbocycles. The molecule has 0 N–H and O–H groups in total. The molecule has 0 aliphatic rings. The van der Waals surface area contributed by atoms with Crippen molar-refractivity contribution in [3.05, 3.63) is 36.4 Å². The maximum atomic E-state index is 8.66. The van der Waals surface area contributed by atoms with E-state index in [4.69, 9.17) is 5.26 Å². The van der Waals surface area contributed by atoms with E-state index in [1.165, 1.54) is 0 Å². The third kappa shape index (κ3) is 0.767. The van der Waals surface area contributed by atoms with E-state index in [0.29, 0.717) is 5.56 Å². The molecule has 2 aromatic heterocycles. The van der Waals surface area contributed by atoms with Gasteiger partial charge in [0.1, 0.15) is 6.07 Å². The first-order chi connectivity index (χ1) is 5.42. The van der Waals surface area contributed by atoms with Gasteiger partial charge in [0.25, 0.3) is 0 Å². The van der Waals surface area contributed by atoms with Gasteiger partial charge >= 0.3 is 0 Å². The van der Waals surface area contributed by atoms with Crippen LogP contribution < -0.4 is 0 Å². The fraction of sp³-hybridized carbons (Fsp3) is 0. The van der Waals surface area contributed by atoms with Crippen LogP contribution in [-0.2, 0) is 0 Å². The van der Waals surface area contributed by atoms with Crippen LogP contribution in [0.4, 0.5) is 0 Å². The maximum Gasteiger partial charge on any atom is 0.101 e. The van der Waals surface area contributed by atoms with Crippen molar-refractivity contribution in [1.29, 1.82) is 5.26 Å². The Bertz CT molecular complexity index is 422. The van der Waals surface area contributed by atoms with E-state index >= 15 is 0 Å². The number of pyridine rings is 1. The third-order valence-electron chi connectivity index (χ3n) is 1.57. The van der Waals surface area contributed by atoms with Gasteiger partial charge in [0.2, 0.25) is 0 Å². The smallest absolute Gasteiger partial charge is 0.101 e. The van der Waals surface area contributed by atoms with Gasteiger partial charge in [0.15, 0.2) is 0 Å². The third-order valence-corrected chi connectivity index (χ3v) is 1.57. The van der Waals surface area contributed by atoms with Crippen LogP contribution in [0, 0.1) is 11.3 Å². The molecule has 0 radical (unpaired) electrons. The first-order valence-corrected chi connectivity index (χ1v) is 3.22. The largest absolute Gasteiger partial charge is 0.305 e. The summed E-state index contributed by atoms with van der Waals surface area (Å²) in [5.74, 6) is 0. The summed E-state index contributed by atoms with van der Waals surface area (Å²) in [5, 5.41) is 8.66. The highest BCUT2D eigenvalue weighted by Gasteiger charge is 1.97. The number of rotatable bonds is 0. The maximum absolute atomic E-state index is 8.66. The van der Waals surface area contributed by atoms with Gasteiger partial charge in [-0.3, -0.25) is 0 Å². The fourth-order valence-corrected chi connectivity index (χ4v) is 1.04. The molecule has 0 spiro atoms. The lowest BCUT2D eigenvalue weighted by atomic mass is 10.2. The summed E-state index contributed by atoms with van der Waals surface area (Å²) in [7, 11) is 0. The van der Waals surface area contributed by atoms with Gasteiger partial charge in [0.05, 0.1) is 23.6 Å². The van der Waals surface area contributed by atoms with E-state index in [1.54, 1.807) is 18.6 Å². The summed E-state index contributed by atoms with van der Waals surface area (Å²) in [4.78, 5) is 3.92. The van der Waals surface area contributed by atoms with Crippen molar-refractivity contribution in [2.24, 2.45) is 0 Å². The minimum absolute atomic E-state index is 0.657. The molecule has 2 heterocycles. The van der Waals surface area contributed by atoms with Crippen LogP contribution in [0.1, 0.15) is 5.56 Å². The summed E-state index contributed by atoms with van der Waals surface area (Å²) in [6.07, 6.45) is 5.22. The van der Waals surface area contributed by atoms with Crippen LogP contribution in [0.3, 0.4) is 0 Å². The van der Waals surface area contributed by atoms with Gasteiger partial charge in [0, 0.05) is 6.20 Å². The van der Waals surface area contributed by atoms with E-state index in [2.05, 4.69) is 11.1 Å². The Kier molecular flexibility index (Phi) is 1.13. The molecule has 0 saturated heterocycles. The molecule has 2 aromatic rings. The van der Waals surface area contributed by atoms with Crippen molar-refractivity contribution in [2.45, 2.75) is 0 Å². The van der Waals surface area contributed by atoms with Gasteiger partial charge in [-0.25, -0.2) is 4.98 Å². The fourth-order valence-electron chi connectivity index (χ4n) is 1.04. The summed E-state index contributed by atoms with van der Waals surface area (Å²) < 4.78 is 1.82. The molecule has 3 nitrogen and oxygen atoms in total. The minimum Gasteiger partial charge on any atom is -0.305 e. The van der Waals surface area contributed by atoms with E-state index < -0.39 is 0 Å². The monoisotopic (exact) mass is 143 g/mol. The predicted octanol–water partition coefficient (Wildman–Crippen LogP) is 1.21. The van der Waals surface area contributed by atoms with Gasteiger partial charge in [-0.15, -0.1) is 0 Å². The molecule has 0 fully saturated rings. The average molecular weight is 143 g/mol. The molecular weight excluding hydrogens is 138 g/mol. The summed E-state index contributed by atoms with van der Waals surface area (Å²) >= 11 is 0. The summed E-state index contributed by atoms with van der Waals surface area (Å²) in [5.41, 5.74) is 1.51. The van der Waals surface area contributed by atoms with Gasteiger partial charge in [-0.2, -0.15) is 5.26 Å². The van der Waals surface area contributed by atoms with Crippen LogP contribution in [0.25, 0.3) is 5.52 Å². The van der Waals surface area contributed by atoms with Crippen molar-refractivity contribution < 1.29 is 0 Å².